The molecule has 0 radical (unpaired) electrons. The molecule has 0 aliphatic heterocycles. The van der Waals surface area contributed by atoms with Crippen LogP contribution in [0, 0.1) is 10.9 Å². The van der Waals surface area contributed by atoms with Crippen LogP contribution in [-0.4, -0.2) is 15.3 Å². The lowest BCUT2D eigenvalue weighted by Crippen LogP contribution is -2.15. The van der Waals surface area contributed by atoms with E-state index >= 15 is 0 Å². The fourth-order valence-corrected chi connectivity index (χ4v) is 4.64. The number of amides is 1. The van der Waals surface area contributed by atoms with Crippen molar-refractivity contribution in [3.63, 3.8) is 0 Å². The molecule has 0 fully saturated rings. The van der Waals surface area contributed by atoms with Crippen LogP contribution in [-0.2, 0) is 0 Å². The second-order valence-electron chi connectivity index (χ2n) is 5.91. The average molecular weight is 481 g/mol. The van der Waals surface area contributed by atoms with Crippen LogP contribution in [0.4, 0.5) is 5.69 Å². The van der Waals surface area contributed by atoms with Crippen molar-refractivity contribution in [1.82, 2.24) is 9.38 Å². The van der Waals surface area contributed by atoms with Gasteiger partial charge in [-0.05, 0) is 55.0 Å². The first-order chi connectivity index (χ1) is 12.8. The van der Waals surface area contributed by atoms with Crippen molar-refractivity contribution in [3.8, 4) is 0 Å². The number of hydrogen-bond acceptors (Lipinski definition) is 4. The van der Waals surface area contributed by atoms with Gasteiger partial charge in [0.25, 0.3) is 11.5 Å². The van der Waals surface area contributed by atoms with E-state index in [1.807, 2.05) is 19.1 Å². The fraction of sp³-hybridized carbons (Fsp3) is 0.0556. The SMILES string of the molecule is Cc1ccc(Cl)cc1NC(=O)c1sc(=S)n2c1[nH]c(=O)c1cc(Br)ccc12. The molecule has 4 aromatic rings. The second-order valence-corrected chi connectivity index (χ2v) is 8.91. The summed E-state index contributed by atoms with van der Waals surface area (Å²) in [5.41, 5.74) is 2.23. The van der Waals surface area contributed by atoms with Crippen LogP contribution in [0.1, 0.15) is 15.2 Å². The standard InChI is InChI=1S/C18H11BrClN3O2S2/c1-8-2-4-10(20)7-12(8)21-17(25)14-15-22-16(24)11-6-9(19)3-5-13(11)23(15)18(26)27-14/h2-7H,1H3,(H,21,25)(H,22,24). The molecule has 2 N–H and O–H groups in total. The van der Waals surface area contributed by atoms with E-state index in [0.29, 0.717) is 36.1 Å². The minimum atomic E-state index is -0.355. The monoisotopic (exact) mass is 479 g/mol. The lowest BCUT2D eigenvalue weighted by atomic mass is 10.2. The summed E-state index contributed by atoms with van der Waals surface area (Å²) in [5.74, 6) is -0.355. The molecule has 2 aromatic heterocycles. The van der Waals surface area contributed by atoms with Gasteiger partial charge >= 0.3 is 0 Å². The Morgan fingerprint density at radius 1 is 1.30 bits per heavy atom. The summed E-state index contributed by atoms with van der Waals surface area (Å²) in [6, 6.07) is 10.6. The van der Waals surface area contributed by atoms with Crippen molar-refractivity contribution in [2.45, 2.75) is 6.92 Å². The minimum absolute atomic E-state index is 0.285. The molecule has 0 unspecified atom stereocenters. The van der Waals surface area contributed by atoms with Crippen molar-refractivity contribution >= 4 is 79.2 Å². The van der Waals surface area contributed by atoms with Gasteiger partial charge in [-0.15, -0.1) is 0 Å². The number of carbonyl (C=O) groups excluding carboxylic acids is 1. The van der Waals surface area contributed by atoms with Crippen LogP contribution < -0.4 is 10.9 Å². The number of halogens is 2. The van der Waals surface area contributed by atoms with Gasteiger partial charge in [0.1, 0.15) is 10.5 Å². The highest BCUT2D eigenvalue weighted by Crippen LogP contribution is 2.26. The fourth-order valence-electron chi connectivity index (χ4n) is 2.83. The maximum Gasteiger partial charge on any atom is 0.269 e. The predicted octanol–water partition coefficient (Wildman–Crippen LogP) is 5.55. The third-order valence-corrected chi connectivity index (χ3v) is 6.24. The number of aromatic amines is 1. The zero-order valence-corrected chi connectivity index (χ0v) is 17.8. The Morgan fingerprint density at radius 3 is 2.85 bits per heavy atom. The van der Waals surface area contributed by atoms with E-state index in [2.05, 4.69) is 26.2 Å². The molecule has 136 valence electrons. The third kappa shape index (κ3) is 3.23. The number of H-pyrrole nitrogens is 1. The van der Waals surface area contributed by atoms with Crippen LogP contribution >= 0.6 is 51.1 Å². The molecule has 5 nitrogen and oxygen atoms in total. The number of aromatic nitrogens is 2. The smallest absolute Gasteiger partial charge is 0.269 e. The summed E-state index contributed by atoms with van der Waals surface area (Å²) >= 11 is 16.0. The molecule has 27 heavy (non-hydrogen) atoms. The normalized spacial score (nSPS) is 11.2. The summed E-state index contributed by atoms with van der Waals surface area (Å²) in [4.78, 5) is 28.5. The Balaban J connectivity index is 1.90. The van der Waals surface area contributed by atoms with E-state index in [4.69, 9.17) is 23.8 Å². The zero-order valence-electron chi connectivity index (χ0n) is 13.8. The highest BCUT2D eigenvalue weighted by molar-refractivity contribution is 9.10. The van der Waals surface area contributed by atoms with Crippen LogP contribution in [0.15, 0.2) is 45.7 Å². The number of fused-ring (bicyclic) bond motifs is 3. The van der Waals surface area contributed by atoms with Gasteiger partial charge in [0, 0.05) is 15.2 Å². The molecule has 0 bridgehead atoms. The van der Waals surface area contributed by atoms with Crippen molar-refractivity contribution in [2.24, 2.45) is 0 Å². The third-order valence-electron chi connectivity index (χ3n) is 4.14. The van der Waals surface area contributed by atoms with Gasteiger partial charge in [0.2, 0.25) is 0 Å². The van der Waals surface area contributed by atoms with Gasteiger partial charge in [0.05, 0.1) is 10.9 Å². The maximum absolute atomic E-state index is 12.9. The number of aryl methyl sites for hydroxylation is 1. The lowest BCUT2D eigenvalue weighted by Gasteiger charge is -2.08. The van der Waals surface area contributed by atoms with Gasteiger partial charge < -0.3 is 10.3 Å². The summed E-state index contributed by atoms with van der Waals surface area (Å²) in [6.07, 6.45) is 0. The highest BCUT2D eigenvalue weighted by Gasteiger charge is 2.19. The largest absolute Gasteiger partial charge is 0.321 e. The minimum Gasteiger partial charge on any atom is -0.321 e. The molecular weight excluding hydrogens is 470 g/mol. The Hall–Kier alpha value is -2.00. The molecule has 2 heterocycles. The molecule has 4 rings (SSSR count). The molecule has 0 spiro atoms. The van der Waals surface area contributed by atoms with E-state index in [1.54, 1.807) is 28.7 Å². The molecule has 0 saturated carbocycles. The van der Waals surface area contributed by atoms with Crippen LogP contribution in [0.25, 0.3) is 16.6 Å². The number of nitrogens with zero attached hydrogens (tertiary/aromatic N) is 1. The van der Waals surface area contributed by atoms with Gasteiger partial charge in [-0.3, -0.25) is 14.0 Å². The van der Waals surface area contributed by atoms with Crippen LogP contribution in [0.3, 0.4) is 0 Å². The number of hydrogen-bond donors (Lipinski definition) is 2. The van der Waals surface area contributed by atoms with Crippen LogP contribution in [0.5, 0.6) is 0 Å². The predicted molar refractivity (Wildman–Crippen MR) is 116 cm³/mol. The Labute approximate surface area is 175 Å². The number of nitrogens with one attached hydrogen (secondary N) is 2. The van der Waals surface area contributed by atoms with E-state index in [9.17, 15) is 9.59 Å². The number of anilines is 1. The molecule has 0 saturated heterocycles. The Morgan fingerprint density at radius 2 is 2.07 bits per heavy atom. The topological polar surface area (TPSA) is 66.4 Å². The maximum atomic E-state index is 12.9. The van der Waals surface area contributed by atoms with E-state index in [-0.39, 0.29) is 11.5 Å². The first-order valence-corrected chi connectivity index (χ1v) is 10.2. The lowest BCUT2D eigenvalue weighted by molar-refractivity contribution is 0.103. The molecule has 0 aliphatic rings. The highest BCUT2D eigenvalue weighted by atomic mass is 79.9. The average Bonchev–Trinajstić information content (AvgIpc) is 2.95. The summed E-state index contributed by atoms with van der Waals surface area (Å²) in [6.45, 7) is 1.87. The van der Waals surface area contributed by atoms with Crippen molar-refractivity contribution < 1.29 is 4.79 Å². The number of carbonyl (C=O) groups is 1. The van der Waals surface area contributed by atoms with Gasteiger partial charge in [-0.25, -0.2) is 0 Å². The zero-order chi connectivity index (χ0) is 19.3. The Bertz CT molecular complexity index is 1360. The molecule has 0 aliphatic carbocycles. The summed E-state index contributed by atoms with van der Waals surface area (Å²) in [7, 11) is 0. The van der Waals surface area contributed by atoms with Crippen molar-refractivity contribution in [1.29, 1.82) is 0 Å². The summed E-state index contributed by atoms with van der Waals surface area (Å²) in [5, 5.41) is 3.86. The van der Waals surface area contributed by atoms with Gasteiger partial charge in [-0.1, -0.05) is 44.9 Å². The number of thiazole rings is 1. The molecule has 1 amide bonds. The first kappa shape index (κ1) is 18.4. The number of benzene rings is 2. The molecule has 2 aromatic carbocycles. The Kier molecular flexibility index (Phi) is 4.67. The van der Waals surface area contributed by atoms with E-state index in [0.717, 1.165) is 21.4 Å². The van der Waals surface area contributed by atoms with E-state index < -0.39 is 0 Å². The van der Waals surface area contributed by atoms with Crippen LogP contribution in [0.2, 0.25) is 5.02 Å². The second kappa shape index (κ2) is 6.87. The van der Waals surface area contributed by atoms with E-state index in [1.165, 1.54) is 0 Å². The summed E-state index contributed by atoms with van der Waals surface area (Å²) < 4.78 is 2.97. The quantitative estimate of drug-likeness (QED) is 0.370. The van der Waals surface area contributed by atoms with Gasteiger partial charge in [-0.2, -0.15) is 0 Å². The van der Waals surface area contributed by atoms with Crippen molar-refractivity contribution in [2.75, 3.05) is 5.32 Å². The molecule has 0 atom stereocenters. The van der Waals surface area contributed by atoms with Gasteiger partial charge in [0.15, 0.2) is 3.95 Å². The molecule has 9 heteroatoms. The number of rotatable bonds is 2. The van der Waals surface area contributed by atoms with Crippen molar-refractivity contribution in [3.05, 3.63) is 70.6 Å². The first-order valence-electron chi connectivity index (χ1n) is 7.80. The molecular formula is C18H11BrClN3O2S2.